The summed E-state index contributed by atoms with van der Waals surface area (Å²) in [6.45, 7) is 1.21. The first-order valence-electron chi connectivity index (χ1n) is 5.73. The first-order valence-corrected chi connectivity index (χ1v) is 7.62. The summed E-state index contributed by atoms with van der Waals surface area (Å²) in [4.78, 5) is 6.15. The van der Waals surface area contributed by atoms with E-state index in [1.165, 1.54) is 18.3 Å². The first-order chi connectivity index (χ1) is 8.83. The lowest BCUT2D eigenvalue weighted by molar-refractivity contribution is 0.400. The Bertz CT molecular complexity index is 526. The highest BCUT2D eigenvalue weighted by molar-refractivity contribution is 7.89. The Morgan fingerprint density at radius 2 is 2.16 bits per heavy atom. The van der Waals surface area contributed by atoms with Crippen molar-refractivity contribution in [3.05, 3.63) is 24.0 Å². The van der Waals surface area contributed by atoms with Gasteiger partial charge in [-0.15, -0.1) is 0 Å². The SMILES string of the molecule is CN(C)CCCNS(=O)(=O)c1ccc(C(N)=S)nc1. The molecule has 0 saturated heterocycles. The molecule has 8 heteroatoms. The summed E-state index contributed by atoms with van der Waals surface area (Å²) in [6.07, 6.45) is 1.99. The maximum Gasteiger partial charge on any atom is 0.242 e. The lowest BCUT2D eigenvalue weighted by Crippen LogP contribution is -2.27. The minimum absolute atomic E-state index is 0.109. The summed E-state index contributed by atoms with van der Waals surface area (Å²) in [5, 5.41) is 0. The lowest BCUT2D eigenvalue weighted by atomic mass is 10.3. The first kappa shape index (κ1) is 16.0. The third-order valence-electron chi connectivity index (χ3n) is 2.37. The van der Waals surface area contributed by atoms with E-state index in [1.54, 1.807) is 0 Å². The molecule has 0 saturated carbocycles. The van der Waals surface area contributed by atoms with Gasteiger partial charge < -0.3 is 10.6 Å². The van der Waals surface area contributed by atoms with Gasteiger partial charge in [0.25, 0.3) is 0 Å². The second-order valence-corrected chi connectivity index (χ2v) is 6.50. The highest BCUT2D eigenvalue weighted by Crippen LogP contribution is 2.07. The highest BCUT2D eigenvalue weighted by atomic mass is 32.2. The molecule has 6 nitrogen and oxygen atoms in total. The molecule has 0 aliphatic heterocycles. The van der Waals surface area contributed by atoms with E-state index < -0.39 is 10.0 Å². The molecule has 1 heterocycles. The third-order valence-corrected chi connectivity index (χ3v) is 4.03. The third kappa shape index (κ3) is 5.19. The molecular formula is C11H18N4O2S2. The molecule has 0 fully saturated rings. The van der Waals surface area contributed by atoms with E-state index >= 15 is 0 Å². The Hall–Kier alpha value is -1.09. The van der Waals surface area contributed by atoms with E-state index in [0.29, 0.717) is 12.2 Å². The number of rotatable bonds is 7. The van der Waals surface area contributed by atoms with Crippen LogP contribution in [0.15, 0.2) is 23.2 Å². The van der Waals surface area contributed by atoms with Crippen LogP contribution in [0.2, 0.25) is 0 Å². The Morgan fingerprint density at radius 1 is 1.47 bits per heavy atom. The predicted octanol–water partition coefficient (Wildman–Crippen LogP) is -0.0542. The molecule has 19 heavy (non-hydrogen) atoms. The Kier molecular flexibility index (Phi) is 5.80. The lowest BCUT2D eigenvalue weighted by Gasteiger charge is -2.10. The maximum absolute atomic E-state index is 11.9. The van der Waals surface area contributed by atoms with Gasteiger partial charge in [0.05, 0.1) is 5.69 Å². The average Bonchev–Trinajstić information content (AvgIpc) is 2.34. The van der Waals surface area contributed by atoms with Crippen molar-refractivity contribution >= 4 is 27.2 Å². The zero-order chi connectivity index (χ0) is 14.5. The summed E-state index contributed by atoms with van der Waals surface area (Å²) >= 11 is 4.75. The van der Waals surface area contributed by atoms with Crippen molar-refractivity contribution in [3.63, 3.8) is 0 Å². The smallest absolute Gasteiger partial charge is 0.242 e. The molecule has 0 spiro atoms. The van der Waals surface area contributed by atoms with Gasteiger partial charge in [-0.05, 0) is 39.2 Å². The second-order valence-electron chi connectivity index (χ2n) is 4.30. The van der Waals surface area contributed by atoms with Crippen molar-refractivity contribution in [1.82, 2.24) is 14.6 Å². The number of pyridine rings is 1. The van der Waals surface area contributed by atoms with Gasteiger partial charge in [-0.25, -0.2) is 13.1 Å². The van der Waals surface area contributed by atoms with Gasteiger partial charge in [-0.2, -0.15) is 0 Å². The van der Waals surface area contributed by atoms with Crippen molar-refractivity contribution in [1.29, 1.82) is 0 Å². The fraction of sp³-hybridized carbons (Fsp3) is 0.455. The summed E-state index contributed by atoms with van der Waals surface area (Å²) in [5.41, 5.74) is 5.80. The van der Waals surface area contributed by atoms with Crippen molar-refractivity contribution < 1.29 is 8.42 Å². The van der Waals surface area contributed by atoms with E-state index in [0.717, 1.165) is 13.0 Å². The Balaban J connectivity index is 2.64. The predicted molar refractivity (Wildman–Crippen MR) is 78.5 cm³/mol. The molecule has 0 radical (unpaired) electrons. The van der Waals surface area contributed by atoms with Gasteiger partial charge >= 0.3 is 0 Å². The summed E-state index contributed by atoms with van der Waals surface area (Å²) < 4.78 is 26.4. The molecule has 0 bridgehead atoms. The monoisotopic (exact) mass is 302 g/mol. The quantitative estimate of drug-likeness (QED) is 0.542. The van der Waals surface area contributed by atoms with Crippen LogP contribution in [-0.2, 0) is 10.0 Å². The summed E-state index contributed by atoms with van der Waals surface area (Å²) in [7, 11) is 0.359. The molecule has 1 rings (SSSR count). The minimum atomic E-state index is -3.52. The second kappa shape index (κ2) is 6.90. The molecule has 1 aromatic rings. The highest BCUT2D eigenvalue weighted by Gasteiger charge is 2.14. The van der Waals surface area contributed by atoms with Crippen molar-refractivity contribution in [3.8, 4) is 0 Å². The normalized spacial score (nSPS) is 11.7. The van der Waals surface area contributed by atoms with Crippen LogP contribution >= 0.6 is 12.2 Å². The molecule has 106 valence electrons. The molecule has 3 N–H and O–H groups in total. The zero-order valence-corrected chi connectivity index (χ0v) is 12.6. The number of nitrogens with zero attached hydrogens (tertiary/aromatic N) is 2. The topological polar surface area (TPSA) is 88.3 Å². The van der Waals surface area contributed by atoms with Crippen molar-refractivity contribution in [2.75, 3.05) is 27.2 Å². The number of nitrogens with two attached hydrogens (primary N) is 1. The van der Waals surface area contributed by atoms with Gasteiger partial charge in [0.1, 0.15) is 9.88 Å². The van der Waals surface area contributed by atoms with E-state index in [4.69, 9.17) is 18.0 Å². The molecule has 0 amide bonds. The van der Waals surface area contributed by atoms with Crippen LogP contribution in [0.4, 0.5) is 0 Å². The van der Waals surface area contributed by atoms with Gasteiger partial charge in [-0.3, -0.25) is 4.98 Å². The fourth-order valence-corrected chi connectivity index (χ4v) is 2.51. The Labute approximate surface area is 119 Å². The minimum Gasteiger partial charge on any atom is -0.388 e. The number of aromatic nitrogens is 1. The number of hydrogen-bond acceptors (Lipinski definition) is 5. The molecule has 1 aromatic heterocycles. The van der Waals surface area contributed by atoms with E-state index in [-0.39, 0.29) is 9.88 Å². The number of hydrogen-bond donors (Lipinski definition) is 2. The van der Waals surface area contributed by atoms with Gasteiger partial charge in [0, 0.05) is 12.7 Å². The van der Waals surface area contributed by atoms with Crippen LogP contribution < -0.4 is 10.5 Å². The summed E-state index contributed by atoms with van der Waals surface area (Å²) in [6, 6.07) is 2.94. The van der Waals surface area contributed by atoms with Crippen LogP contribution in [0.3, 0.4) is 0 Å². The van der Waals surface area contributed by atoms with Crippen LogP contribution in [0, 0.1) is 0 Å². The molecule has 0 atom stereocenters. The van der Waals surface area contributed by atoms with E-state index in [2.05, 4.69) is 9.71 Å². The maximum atomic E-state index is 11.9. The van der Waals surface area contributed by atoms with Gasteiger partial charge in [0.15, 0.2) is 0 Å². The molecule has 0 unspecified atom stereocenters. The number of nitrogens with one attached hydrogen (secondary N) is 1. The molecule has 0 aliphatic rings. The molecule has 0 aliphatic carbocycles. The zero-order valence-electron chi connectivity index (χ0n) is 11.0. The van der Waals surface area contributed by atoms with Crippen LogP contribution in [-0.4, -0.2) is 50.5 Å². The van der Waals surface area contributed by atoms with Crippen LogP contribution in [0.5, 0.6) is 0 Å². The Morgan fingerprint density at radius 3 is 2.63 bits per heavy atom. The van der Waals surface area contributed by atoms with Crippen molar-refractivity contribution in [2.24, 2.45) is 5.73 Å². The van der Waals surface area contributed by atoms with E-state index in [9.17, 15) is 8.42 Å². The fourth-order valence-electron chi connectivity index (χ4n) is 1.37. The van der Waals surface area contributed by atoms with Gasteiger partial charge in [0.2, 0.25) is 10.0 Å². The van der Waals surface area contributed by atoms with Crippen molar-refractivity contribution in [2.45, 2.75) is 11.3 Å². The van der Waals surface area contributed by atoms with E-state index in [1.807, 2.05) is 19.0 Å². The number of thiocarbonyl (C=S) groups is 1. The van der Waals surface area contributed by atoms with Crippen LogP contribution in [0.1, 0.15) is 12.1 Å². The average molecular weight is 302 g/mol. The largest absolute Gasteiger partial charge is 0.388 e. The number of sulfonamides is 1. The van der Waals surface area contributed by atoms with Gasteiger partial charge in [-0.1, -0.05) is 12.2 Å². The standard InChI is InChI=1S/C11H18N4O2S2/c1-15(2)7-3-6-14-19(16,17)9-4-5-10(11(12)18)13-8-9/h4-5,8,14H,3,6-7H2,1-2H3,(H2,12,18). The summed E-state index contributed by atoms with van der Waals surface area (Å²) in [5.74, 6) is 0. The molecule has 0 aromatic carbocycles. The molecular weight excluding hydrogens is 284 g/mol. The van der Waals surface area contributed by atoms with Crippen LogP contribution in [0.25, 0.3) is 0 Å².